The summed E-state index contributed by atoms with van der Waals surface area (Å²) in [4.78, 5) is 0. The zero-order valence-electron chi connectivity index (χ0n) is 8.96. The van der Waals surface area contributed by atoms with Crippen LogP contribution in [0, 0.1) is 0 Å². The van der Waals surface area contributed by atoms with Gasteiger partial charge in [0.25, 0.3) is 0 Å². The molecule has 2 aliphatic rings. The molecular weight excluding hydrogens is 186 g/mol. The lowest BCUT2D eigenvalue weighted by Crippen LogP contribution is -2.24. The molecule has 0 spiro atoms. The highest BCUT2D eigenvalue weighted by atomic mass is 16.5. The van der Waals surface area contributed by atoms with Gasteiger partial charge in [0.15, 0.2) is 0 Å². The molecule has 1 aromatic rings. The zero-order chi connectivity index (χ0) is 10.3. The summed E-state index contributed by atoms with van der Waals surface area (Å²) in [6, 6.07) is 4.38. The van der Waals surface area contributed by atoms with Gasteiger partial charge in [0.2, 0.25) is 0 Å². The number of nitrogens with two attached hydrogens (primary N) is 1. The quantitative estimate of drug-likeness (QED) is 0.755. The fourth-order valence-corrected chi connectivity index (χ4v) is 2.80. The third kappa shape index (κ3) is 1.44. The molecule has 0 aromatic heterocycles. The standard InChI is InChI=1S/C13H17NO/c14-8-10-7-12-11-4-2-1-3-9(11)5-6-13(12)15-10/h5-6,10H,1-4,7-8,14H2/t10-/m0/s1. The van der Waals surface area contributed by atoms with Gasteiger partial charge in [0.1, 0.15) is 11.9 Å². The molecule has 2 heteroatoms. The number of aryl methyl sites for hydroxylation is 1. The highest BCUT2D eigenvalue weighted by Crippen LogP contribution is 2.36. The molecule has 0 bridgehead atoms. The van der Waals surface area contributed by atoms with E-state index in [9.17, 15) is 0 Å². The first-order chi connectivity index (χ1) is 7.38. The van der Waals surface area contributed by atoms with E-state index in [1.807, 2.05) is 0 Å². The predicted octanol–water partition coefficient (Wildman–Crippen LogP) is 1.83. The van der Waals surface area contributed by atoms with Crippen LogP contribution in [0.5, 0.6) is 5.75 Å². The van der Waals surface area contributed by atoms with E-state index in [0.717, 1.165) is 12.2 Å². The van der Waals surface area contributed by atoms with E-state index >= 15 is 0 Å². The molecule has 0 amide bonds. The monoisotopic (exact) mass is 203 g/mol. The van der Waals surface area contributed by atoms with Crippen molar-refractivity contribution < 1.29 is 4.74 Å². The normalized spacial score (nSPS) is 23.1. The molecule has 80 valence electrons. The summed E-state index contributed by atoms with van der Waals surface area (Å²) in [5.41, 5.74) is 10.2. The molecular formula is C13H17NO. The van der Waals surface area contributed by atoms with Crippen molar-refractivity contribution in [3.05, 3.63) is 28.8 Å². The molecule has 1 aromatic carbocycles. The Balaban J connectivity index is 2.02. The van der Waals surface area contributed by atoms with E-state index in [1.54, 1.807) is 11.1 Å². The second-order valence-electron chi connectivity index (χ2n) is 4.57. The molecule has 0 fully saturated rings. The summed E-state index contributed by atoms with van der Waals surface area (Å²) in [5.74, 6) is 1.09. The van der Waals surface area contributed by atoms with Crippen LogP contribution >= 0.6 is 0 Å². The number of ether oxygens (including phenoxy) is 1. The molecule has 1 aliphatic heterocycles. The maximum atomic E-state index is 5.80. The van der Waals surface area contributed by atoms with Crippen molar-refractivity contribution in [3.63, 3.8) is 0 Å². The van der Waals surface area contributed by atoms with Crippen LogP contribution in [0.2, 0.25) is 0 Å². The second-order valence-corrected chi connectivity index (χ2v) is 4.57. The van der Waals surface area contributed by atoms with Crippen LogP contribution in [0.25, 0.3) is 0 Å². The number of rotatable bonds is 1. The van der Waals surface area contributed by atoms with Gasteiger partial charge in [-0.15, -0.1) is 0 Å². The Hall–Kier alpha value is -1.02. The number of hydrogen-bond acceptors (Lipinski definition) is 2. The maximum Gasteiger partial charge on any atom is 0.123 e. The van der Waals surface area contributed by atoms with Crippen molar-refractivity contribution in [1.29, 1.82) is 0 Å². The minimum Gasteiger partial charge on any atom is -0.488 e. The van der Waals surface area contributed by atoms with Crippen molar-refractivity contribution in [3.8, 4) is 5.75 Å². The molecule has 2 N–H and O–H groups in total. The minimum atomic E-state index is 0.216. The minimum absolute atomic E-state index is 0.216. The van der Waals surface area contributed by atoms with Gasteiger partial charge in [-0.25, -0.2) is 0 Å². The first-order valence-corrected chi connectivity index (χ1v) is 5.89. The van der Waals surface area contributed by atoms with Crippen LogP contribution < -0.4 is 10.5 Å². The smallest absolute Gasteiger partial charge is 0.123 e. The summed E-state index contributed by atoms with van der Waals surface area (Å²) >= 11 is 0. The number of hydrogen-bond donors (Lipinski definition) is 1. The van der Waals surface area contributed by atoms with Crippen molar-refractivity contribution in [2.45, 2.75) is 38.2 Å². The number of benzene rings is 1. The lowest BCUT2D eigenvalue weighted by atomic mass is 9.87. The third-order valence-electron chi connectivity index (χ3n) is 3.60. The summed E-state index contributed by atoms with van der Waals surface area (Å²) in [6.45, 7) is 0.628. The fraction of sp³-hybridized carbons (Fsp3) is 0.538. The zero-order valence-corrected chi connectivity index (χ0v) is 8.96. The maximum absolute atomic E-state index is 5.80. The Morgan fingerprint density at radius 3 is 2.93 bits per heavy atom. The summed E-state index contributed by atoms with van der Waals surface area (Å²) < 4.78 is 5.80. The average molecular weight is 203 g/mol. The Morgan fingerprint density at radius 2 is 2.07 bits per heavy atom. The predicted molar refractivity (Wildman–Crippen MR) is 60.3 cm³/mol. The van der Waals surface area contributed by atoms with Gasteiger partial charge >= 0.3 is 0 Å². The molecule has 15 heavy (non-hydrogen) atoms. The van der Waals surface area contributed by atoms with Crippen LogP contribution in [0.1, 0.15) is 29.5 Å². The van der Waals surface area contributed by atoms with Gasteiger partial charge in [0, 0.05) is 18.5 Å². The van der Waals surface area contributed by atoms with Crippen LogP contribution in [-0.4, -0.2) is 12.6 Å². The van der Waals surface area contributed by atoms with Gasteiger partial charge in [-0.05, 0) is 42.9 Å². The van der Waals surface area contributed by atoms with Crippen LogP contribution in [0.4, 0.5) is 0 Å². The van der Waals surface area contributed by atoms with E-state index in [0.29, 0.717) is 6.54 Å². The van der Waals surface area contributed by atoms with Gasteiger partial charge in [-0.3, -0.25) is 0 Å². The van der Waals surface area contributed by atoms with Gasteiger partial charge < -0.3 is 10.5 Å². The van der Waals surface area contributed by atoms with Crippen LogP contribution in [0.3, 0.4) is 0 Å². The van der Waals surface area contributed by atoms with E-state index in [-0.39, 0.29) is 6.10 Å². The van der Waals surface area contributed by atoms with Crippen molar-refractivity contribution >= 4 is 0 Å². The Bertz CT molecular complexity index is 386. The van der Waals surface area contributed by atoms with Crippen molar-refractivity contribution in [2.24, 2.45) is 5.73 Å². The Labute approximate surface area is 90.4 Å². The molecule has 3 rings (SSSR count). The molecule has 2 nitrogen and oxygen atoms in total. The first-order valence-electron chi connectivity index (χ1n) is 5.89. The Morgan fingerprint density at radius 1 is 1.20 bits per heavy atom. The average Bonchev–Trinajstić information content (AvgIpc) is 2.72. The highest BCUT2D eigenvalue weighted by molar-refractivity contribution is 5.48. The van der Waals surface area contributed by atoms with Gasteiger partial charge in [-0.1, -0.05) is 6.07 Å². The molecule has 0 saturated carbocycles. The molecule has 0 saturated heterocycles. The van der Waals surface area contributed by atoms with Crippen LogP contribution in [0.15, 0.2) is 12.1 Å². The summed E-state index contributed by atoms with van der Waals surface area (Å²) in [5, 5.41) is 0. The molecule has 1 atom stereocenters. The van der Waals surface area contributed by atoms with E-state index in [4.69, 9.17) is 10.5 Å². The lowest BCUT2D eigenvalue weighted by Gasteiger charge is -2.17. The Kier molecular flexibility index (Phi) is 2.17. The third-order valence-corrected chi connectivity index (χ3v) is 3.60. The fourth-order valence-electron chi connectivity index (χ4n) is 2.80. The van der Waals surface area contributed by atoms with Gasteiger partial charge in [-0.2, -0.15) is 0 Å². The van der Waals surface area contributed by atoms with E-state index in [2.05, 4.69) is 12.1 Å². The van der Waals surface area contributed by atoms with Crippen molar-refractivity contribution in [1.82, 2.24) is 0 Å². The molecule has 0 unspecified atom stereocenters. The topological polar surface area (TPSA) is 35.2 Å². The molecule has 1 heterocycles. The van der Waals surface area contributed by atoms with Crippen molar-refractivity contribution in [2.75, 3.05) is 6.54 Å². The van der Waals surface area contributed by atoms with E-state index in [1.165, 1.54) is 31.2 Å². The van der Waals surface area contributed by atoms with E-state index < -0.39 is 0 Å². The SMILES string of the molecule is NC[C@@H]1Cc2c(ccc3c2CCCC3)O1. The summed E-state index contributed by atoms with van der Waals surface area (Å²) in [7, 11) is 0. The summed E-state index contributed by atoms with van der Waals surface area (Å²) in [6.07, 6.45) is 6.39. The largest absolute Gasteiger partial charge is 0.488 e. The highest BCUT2D eigenvalue weighted by Gasteiger charge is 2.26. The number of fused-ring (bicyclic) bond motifs is 3. The van der Waals surface area contributed by atoms with Gasteiger partial charge in [0.05, 0.1) is 0 Å². The first kappa shape index (κ1) is 9.22. The molecule has 1 aliphatic carbocycles. The lowest BCUT2D eigenvalue weighted by molar-refractivity contribution is 0.241. The molecule has 0 radical (unpaired) electrons. The second kappa shape index (κ2) is 3.53. The van der Waals surface area contributed by atoms with Crippen LogP contribution in [-0.2, 0) is 19.3 Å².